The number of piperidine rings is 1. The van der Waals surface area contributed by atoms with E-state index in [0.29, 0.717) is 13.1 Å². The van der Waals surface area contributed by atoms with Crippen molar-refractivity contribution in [3.05, 3.63) is 34.5 Å². The molecule has 170 valence electrons. The van der Waals surface area contributed by atoms with Crippen LogP contribution in [0.3, 0.4) is 0 Å². The van der Waals surface area contributed by atoms with Crippen LogP contribution in [0.15, 0.2) is 29.0 Å². The SMILES string of the molecule is COc1cc(C)ccc1-c1nnc(N[C@@H]2CCCN(C(=O)OC(C)(C)C)C2)c2cscc12. The van der Waals surface area contributed by atoms with Crippen LogP contribution >= 0.6 is 11.3 Å². The maximum atomic E-state index is 12.5. The topological polar surface area (TPSA) is 76.6 Å². The van der Waals surface area contributed by atoms with Crippen LogP contribution < -0.4 is 10.1 Å². The van der Waals surface area contributed by atoms with Gasteiger partial charge in [0.2, 0.25) is 0 Å². The van der Waals surface area contributed by atoms with Crippen LogP contribution in [0, 0.1) is 6.92 Å². The molecule has 1 aliphatic rings. The Morgan fingerprint density at radius 1 is 1.22 bits per heavy atom. The van der Waals surface area contributed by atoms with Gasteiger partial charge in [-0.05, 0) is 58.2 Å². The second-order valence-electron chi connectivity index (χ2n) is 9.21. The summed E-state index contributed by atoms with van der Waals surface area (Å²) in [5.41, 5.74) is 2.36. The van der Waals surface area contributed by atoms with Crippen LogP contribution in [0.5, 0.6) is 5.75 Å². The molecule has 3 aromatic rings. The fourth-order valence-electron chi connectivity index (χ4n) is 3.95. The molecule has 8 heteroatoms. The van der Waals surface area contributed by atoms with E-state index in [4.69, 9.17) is 9.47 Å². The average Bonchev–Trinajstić information content (AvgIpc) is 3.24. The van der Waals surface area contributed by atoms with Crippen LogP contribution in [0.4, 0.5) is 10.6 Å². The number of anilines is 1. The smallest absolute Gasteiger partial charge is 0.410 e. The van der Waals surface area contributed by atoms with Crippen LogP contribution in [0.1, 0.15) is 39.2 Å². The minimum absolute atomic E-state index is 0.0911. The molecule has 7 nitrogen and oxygen atoms in total. The molecule has 4 rings (SSSR count). The van der Waals surface area contributed by atoms with Gasteiger partial charge in [0, 0.05) is 46.2 Å². The molecular weight excluding hydrogens is 424 g/mol. The number of likely N-dealkylation sites (tertiary alicyclic amines) is 1. The molecule has 0 bridgehead atoms. The van der Waals surface area contributed by atoms with Crippen molar-refractivity contribution in [3.63, 3.8) is 0 Å². The standard InChI is InChI=1S/C24H30N4O3S/c1-15-8-9-17(20(11-15)30-5)21-18-13-32-14-19(18)22(27-26-21)25-16-7-6-10-28(12-16)23(29)31-24(2,3)4/h8-9,11,13-14,16H,6-7,10,12H2,1-5H3,(H,25,27)/t16-/m1/s1. The number of hydrogen-bond acceptors (Lipinski definition) is 7. The summed E-state index contributed by atoms with van der Waals surface area (Å²) < 4.78 is 11.1. The van der Waals surface area contributed by atoms with E-state index in [-0.39, 0.29) is 12.1 Å². The van der Waals surface area contributed by atoms with Gasteiger partial charge in [0.15, 0.2) is 5.82 Å². The lowest BCUT2D eigenvalue weighted by Gasteiger charge is -2.34. The Hall–Kier alpha value is -2.87. The molecular formula is C24H30N4O3S. The number of nitrogens with one attached hydrogen (secondary N) is 1. The second kappa shape index (κ2) is 8.94. The predicted molar refractivity (Wildman–Crippen MR) is 129 cm³/mol. The minimum atomic E-state index is -0.501. The van der Waals surface area contributed by atoms with E-state index in [1.165, 1.54) is 0 Å². The lowest BCUT2D eigenvalue weighted by molar-refractivity contribution is 0.0206. The summed E-state index contributed by atoms with van der Waals surface area (Å²) in [6.07, 6.45) is 1.60. The van der Waals surface area contributed by atoms with E-state index < -0.39 is 5.60 Å². The van der Waals surface area contributed by atoms with Gasteiger partial charge in [0.1, 0.15) is 17.0 Å². The molecule has 1 aliphatic heterocycles. The summed E-state index contributed by atoms with van der Waals surface area (Å²) >= 11 is 1.62. The number of nitrogens with zero attached hydrogens (tertiary/aromatic N) is 3. The molecule has 0 spiro atoms. The van der Waals surface area contributed by atoms with Crippen molar-refractivity contribution in [1.82, 2.24) is 15.1 Å². The molecule has 0 saturated carbocycles. The zero-order valence-corrected chi connectivity index (χ0v) is 20.1. The largest absolute Gasteiger partial charge is 0.496 e. The van der Waals surface area contributed by atoms with Crippen molar-refractivity contribution < 1.29 is 14.3 Å². The van der Waals surface area contributed by atoms with Crippen LogP contribution in [-0.4, -0.2) is 53.0 Å². The van der Waals surface area contributed by atoms with E-state index in [2.05, 4.69) is 32.3 Å². The quantitative estimate of drug-likeness (QED) is 0.562. The third kappa shape index (κ3) is 4.80. The van der Waals surface area contributed by atoms with Crippen LogP contribution in [0.2, 0.25) is 0 Å². The number of aryl methyl sites for hydroxylation is 1. The number of fused-ring (bicyclic) bond motifs is 1. The molecule has 1 aromatic carbocycles. The molecule has 1 fully saturated rings. The van der Waals surface area contributed by atoms with Gasteiger partial charge in [-0.2, -0.15) is 11.3 Å². The van der Waals surface area contributed by atoms with Crippen molar-refractivity contribution in [2.45, 2.75) is 52.2 Å². The average molecular weight is 455 g/mol. The number of hydrogen-bond donors (Lipinski definition) is 1. The second-order valence-corrected chi connectivity index (χ2v) is 9.95. The van der Waals surface area contributed by atoms with Gasteiger partial charge in [-0.15, -0.1) is 10.2 Å². The maximum Gasteiger partial charge on any atom is 0.410 e. The number of amides is 1. The monoisotopic (exact) mass is 454 g/mol. The van der Waals surface area contributed by atoms with Crippen molar-refractivity contribution in [2.75, 3.05) is 25.5 Å². The zero-order valence-electron chi connectivity index (χ0n) is 19.3. The van der Waals surface area contributed by atoms with Crippen LogP contribution in [0.25, 0.3) is 22.0 Å². The van der Waals surface area contributed by atoms with Gasteiger partial charge < -0.3 is 19.7 Å². The van der Waals surface area contributed by atoms with Gasteiger partial charge in [-0.1, -0.05) is 6.07 Å². The number of carbonyl (C=O) groups excluding carboxylic acids is 1. The van der Waals surface area contributed by atoms with Gasteiger partial charge in [0.05, 0.1) is 7.11 Å². The van der Waals surface area contributed by atoms with E-state index in [1.807, 2.05) is 39.8 Å². The molecule has 1 amide bonds. The summed E-state index contributed by atoms with van der Waals surface area (Å²) in [6, 6.07) is 6.18. The lowest BCUT2D eigenvalue weighted by atomic mass is 10.0. The Morgan fingerprint density at radius 3 is 2.75 bits per heavy atom. The normalized spacial score (nSPS) is 16.8. The van der Waals surface area contributed by atoms with Crippen molar-refractivity contribution in [1.29, 1.82) is 0 Å². The summed E-state index contributed by atoms with van der Waals surface area (Å²) in [4.78, 5) is 14.3. The third-order valence-electron chi connectivity index (χ3n) is 5.45. The Morgan fingerprint density at radius 2 is 2.00 bits per heavy atom. The summed E-state index contributed by atoms with van der Waals surface area (Å²) in [6.45, 7) is 8.98. The summed E-state index contributed by atoms with van der Waals surface area (Å²) in [7, 11) is 1.67. The fourth-order valence-corrected chi connectivity index (χ4v) is 4.77. The maximum absolute atomic E-state index is 12.5. The number of aromatic nitrogens is 2. The first-order valence-corrected chi connectivity index (χ1v) is 11.8. The van der Waals surface area contributed by atoms with Gasteiger partial charge >= 0.3 is 6.09 Å². The van der Waals surface area contributed by atoms with E-state index in [0.717, 1.165) is 52.0 Å². The number of ether oxygens (including phenoxy) is 2. The molecule has 3 heterocycles. The molecule has 2 aromatic heterocycles. The first kappa shape index (κ1) is 22.3. The number of benzene rings is 1. The van der Waals surface area contributed by atoms with Crippen molar-refractivity contribution >= 4 is 34.0 Å². The Kier molecular flexibility index (Phi) is 6.24. The molecule has 0 radical (unpaired) electrons. The lowest BCUT2D eigenvalue weighted by Crippen LogP contribution is -2.47. The number of methoxy groups -OCH3 is 1. The highest BCUT2D eigenvalue weighted by molar-refractivity contribution is 7.09. The first-order chi connectivity index (χ1) is 15.2. The zero-order chi connectivity index (χ0) is 22.9. The van der Waals surface area contributed by atoms with E-state index >= 15 is 0 Å². The van der Waals surface area contributed by atoms with E-state index in [9.17, 15) is 4.79 Å². The van der Waals surface area contributed by atoms with Gasteiger partial charge in [-0.3, -0.25) is 0 Å². The van der Waals surface area contributed by atoms with Gasteiger partial charge in [-0.25, -0.2) is 4.79 Å². The number of thiophene rings is 1. The number of rotatable bonds is 4. The number of carbonyl (C=O) groups is 1. The van der Waals surface area contributed by atoms with E-state index in [1.54, 1.807) is 23.3 Å². The molecule has 1 N–H and O–H groups in total. The molecule has 32 heavy (non-hydrogen) atoms. The molecule has 0 aliphatic carbocycles. The molecule has 0 unspecified atom stereocenters. The highest BCUT2D eigenvalue weighted by Gasteiger charge is 2.28. The Bertz CT molecular complexity index is 1120. The van der Waals surface area contributed by atoms with Crippen molar-refractivity contribution in [3.8, 4) is 17.0 Å². The Balaban J connectivity index is 1.57. The van der Waals surface area contributed by atoms with Gasteiger partial charge in [0.25, 0.3) is 0 Å². The predicted octanol–water partition coefficient (Wildman–Crippen LogP) is 5.49. The third-order valence-corrected chi connectivity index (χ3v) is 6.19. The summed E-state index contributed by atoms with van der Waals surface area (Å²) in [5, 5.41) is 18.9. The van der Waals surface area contributed by atoms with Crippen molar-refractivity contribution in [2.24, 2.45) is 0 Å². The highest BCUT2D eigenvalue weighted by atomic mass is 32.1. The molecule has 1 saturated heterocycles. The van der Waals surface area contributed by atoms with Crippen LogP contribution in [-0.2, 0) is 4.74 Å². The first-order valence-electron chi connectivity index (χ1n) is 10.9. The summed E-state index contributed by atoms with van der Waals surface area (Å²) in [5.74, 6) is 1.53. The Labute approximate surface area is 192 Å². The molecule has 1 atom stereocenters. The highest BCUT2D eigenvalue weighted by Crippen LogP contribution is 2.37. The fraction of sp³-hybridized carbons (Fsp3) is 0.458. The minimum Gasteiger partial charge on any atom is -0.496 e.